The Morgan fingerprint density at radius 3 is 1.92 bits per heavy atom. The SMILES string of the molecule is COc1ccc(OCCCN(Cc2cccc(C(F)(F)F)c2Cl)CC(c2ccccc2)c2ccccc2)cc1. The molecule has 0 N–H and O–H groups in total. The number of hydrogen-bond acceptors (Lipinski definition) is 3. The van der Waals surface area contributed by atoms with E-state index in [2.05, 4.69) is 29.2 Å². The molecule has 4 aromatic carbocycles. The second kappa shape index (κ2) is 13.5. The van der Waals surface area contributed by atoms with Crippen LogP contribution < -0.4 is 9.47 Å². The zero-order valence-corrected chi connectivity index (χ0v) is 22.5. The number of rotatable bonds is 12. The van der Waals surface area contributed by atoms with Crippen LogP contribution in [-0.4, -0.2) is 31.7 Å². The highest BCUT2D eigenvalue weighted by Crippen LogP contribution is 2.37. The van der Waals surface area contributed by atoms with Crippen molar-refractivity contribution in [3.8, 4) is 11.5 Å². The van der Waals surface area contributed by atoms with Gasteiger partial charge in [0.15, 0.2) is 0 Å². The first-order chi connectivity index (χ1) is 18.8. The number of nitrogens with zero attached hydrogens (tertiary/aromatic N) is 1. The van der Waals surface area contributed by atoms with Crippen molar-refractivity contribution in [3.05, 3.63) is 130 Å². The molecular weight excluding hydrogens is 523 g/mol. The monoisotopic (exact) mass is 553 g/mol. The molecule has 0 radical (unpaired) electrons. The van der Waals surface area contributed by atoms with E-state index in [1.54, 1.807) is 13.2 Å². The molecule has 39 heavy (non-hydrogen) atoms. The molecule has 204 valence electrons. The maximum absolute atomic E-state index is 13.6. The van der Waals surface area contributed by atoms with Crippen molar-refractivity contribution in [2.24, 2.45) is 0 Å². The van der Waals surface area contributed by atoms with Crippen LogP contribution in [0.4, 0.5) is 13.2 Å². The first kappa shape index (κ1) is 28.5. The second-order valence-electron chi connectivity index (χ2n) is 9.26. The molecule has 0 aromatic heterocycles. The molecule has 0 saturated carbocycles. The van der Waals surface area contributed by atoms with Crippen molar-refractivity contribution in [1.82, 2.24) is 4.90 Å². The maximum atomic E-state index is 13.6. The molecule has 3 nitrogen and oxygen atoms in total. The zero-order chi connectivity index (χ0) is 27.7. The van der Waals surface area contributed by atoms with Crippen LogP contribution in [0.1, 0.15) is 34.6 Å². The molecule has 0 fully saturated rings. The van der Waals surface area contributed by atoms with Crippen molar-refractivity contribution >= 4 is 11.6 Å². The van der Waals surface area contributed by atoms with E-state index in [9.17, 15) is 13.2 Å². The van der Waals surface area contributed by atoms with Crippen LogP contribution in [0.2, 0.25) is 5.02 Å². The van der Waals surface area contributed by atoms with Gasteiger partial charge >= 0.3 is 6.18 Å². The Bertz CT molecular complexity index is 1260. The predicted molar refractivity (Wildman–Crippen MR) is 150 cm³/mol. The molecule has 0 saturated heterocycles. The van der Waals surface area contributed by atoms with Crippen LogP contribution in [0.5, 0.6) is 11.5 Å². The van der Waals surface area contributed by atoms with Gasteiger partial charge in [0.25, 0.3) is 0 Å². The van der Waals surface area contributed by atoms with Crippen LogP contribution in [-0.2, 0) is 12.7 Å². The lowest BCUT2D eigenvalue weighted by molar-refractivity contribution is -0.137. The lowest BCUT2D eigenvalue weighted by Crippen LogP contribution is -2.31. The van der Waals surface area contributed by atoms with E-state index in [0.29, 0.717) is 31.7 Å². The smallest absolute Gasteiger partial charge is 0.417 e. The first-order valence-electron chi connectivity index (χ1n) is 12.8. The Morgan fingerprint density at radius 1 is 0.769 bits per heavy atom. The van der Waals surface area contributed by atoms with E-state index in [4.69, 9.17) is 21.1 Å². The number of methoxy groups -OCH3 is 1. The average molecular weight is 554 g/mol. The number of benzene rings is 4. The van der Waals surface area contributed by atoms with Crippen molar-refractivity contribution in [2.45, 2.75) is 25.1 Å². The molecule has 0 aliphatic carbocycles. The molecule has 0 atom stereocenters. The van der Waals surface area contributed by atoms with E-state index in [-0.39, 0.29) is 17.5 Å². The van der Waals surface area contributed by atoms with Gasteiger partial charge < -0.3 is 9.47 Å². The lowest BCUT2D eigenvalue weighted by Gasteiger charge is -2.29. The minimum absolute atomic E-state index is 0.0273. The minimum Gasteiger partial charge on any atom is -0.497 e. The Labute approximate surface area is 232 Å². The lowest BCUT2D eigenvalue weighted by atomic mass is 9.90. The van der Waals surface area contributed by atoms with Crippen LogP contribution in [0.25, 0.3) is 0 Å². The number of alkyl halides is 3. The van der Waals surface area contributed by atoms with Crippen LogP contribution in [0.3, 0.4) is 0 Å². The highest BCUT2D eigenvalue weighted by atomic mass is 35.5. The first-order valence-corrected chi connectivity index (χ1v) is 13.2. The molecule has 0 aliphatic heterocycles. The molecule has 0 unspecified atom stereocenters. The highest BCUT2D eigenvalue weighted by Gasteiger charge is 2.34. The highest BCUT2D eigenvalue weighted by molar-refractivity contribution is 6.32. The second-order valence-corrected chi connectivity index (χ2v) is 9.64. The fourth-order valence-electron chi connectivity index (χ4n) is 4.58. The van der Waals surface area contributed by atoms with Gasteiger partial charge in [0.2, 0.25) is 0 Å². The van der Waals surface area contributed by atoms with E-state index in [1.807, 2.05) is 60.7 Å². The van der Waals surface area contributed by atoms with E-state index in [0.717, 1.165) is 28.7 Å². The molecule has 0 bridgehead atoms. The fraction of sp³-hybridized carbons (Fsp3) is 0.250. The molecule has 0 amide bonds. The van der Waals surface area contributed by atoms with Gasteiger partial charge in [-0.1, -0.05) is 84.4 Å². The summed E-state index contributed by atoms with van der Waals surface area (Å²) in [5.74, 6) is 1.51. The predicted octanol–water partition coefficient (Wildman–Crippen LogP) is 8.47. The average Bonchev–Trinajstić information content (AvgIpc) is 2.95. The standard InChI is InChI=1S/C32H31ClF3NO2/c1-38-27-16-18-28(19-17-27)39-21-9-20-37(22-26-14-8-15-30(31(26)33)32(34,35)36)23-29(24-10-4-2-5-11-24)25-12-6-3-7-13-25/h2-8,10-19,29H,9,20-23H2,1H3. The summed E-state index contributed by atoms with van der Waals surface area (Å²) in [5.41, 5.74) is 1.91. The van der Waals surface area contributed by atoms with Gasteiger partial charge in [-0.05, 0) is 53.4 Å². The van der Waals surface area contributed by atoms with Crippen LogP contribution in [0.15, 0.2) is 103 Å². The minimum atomic E-state index is -4.51. The molecule has 7 heteroatoms. The fourth-order valence-corrected chi connectivity index (χ4v) is 4.87. The van der Waals surface area contributed by atoms with E-state index in [1.165, 1.54) is 6.07 Å². The Hall–Kier alpha value is -3.48. The summed E-state index contributed by atoms with van der Waals surface area (Å²) in [6.45, 7) is 1.95. The third-order valence-electron chi connectivity index (χ3n) is 6.57. The molecule has 0 spiro atoms. The zero-order valence-electron chi connectivity index (χ0n) is 21.7. The van der Waals surface area contributed by atoms with Gasteiger partial charge in [-0.25, -0.2) is 0 Å². The largest absolute Gasteiger partial charge is 0.497 e. The summed E-state index contributed by atoms with van der Waals surface area (Å²) >= 11 is 6.29. The molecule has 0 heterocycles. The van der Waals surface area contributed by atoms with Gasteiger partial charge in [-0.3, -0.25) is 4.90 Å². The number of hydrogen-bond donors (Lipinski definition) is 0. The van der Waals surface area contributed by atoms with Gasteiger partial charge in [-0.15, -0.1) is 0 Å². The summed E-state index contributed by atoms with van der Waals surface area (Å²) < 4.78 is 51.8. The quantitative estimate of drug-likeness (QED) is 0.164. The molecule has 4 rings (SSSR count). The molecule has 0 aliphatic rings. The molecule has 4 aromatic rings. The summed E-state index contributed by atoms with van der Waals surface area (Å²) in [5, 5.41) is -0.250. The summed E-state index contributed by atoms with van der Waals surface area (Å²) in [7, 11) is 1.61. The third kappa shape index (κ3) is 8.01. The van der Waals surface area contributed by atoms with Crippen molar-refractivity contribution in [1.29, 1.82) is 0 Å². The van der Waals surface area contributed by atoms with Crippen molar-refractivity contribution < 1.29 is 22.6 Å². The van der Waals surface area contributed by atoms with E-state index < -0.39 is 11.7 Å². The third-order valence-corrected chi connectivity index (χ3v) is 7.02. The Morgan fingerprint density at radius 2 is 1.36 bits per heavy atom. The van der Waals surface area contributed by atoms with Gasteiger partial charge in [-0.2, -0.15) is 13.2 Å². The summed E-state index contributed by atoms with van der Waals surface area (Å²) in [4.78, 5) is 2.16. The van der Waals surface area contributed by atoms with Crippen molar-refractivity contribution in [2.75, 3.05) is 26.8 Å². The number of halogens is 4. The van der Waals surface area contributed by atoms with Gasteiger partial charge in [0, 0.05) is 25.6 Å². The van der Waals surface area contributed by atoms with E-state index >= 15 is 0 Å². The topological polar surface area (TPSA) is 21.7 Å². The molecular formula is C32H31ClF3NO2. The Kier molecular flexibility index (Phi) is 9.90. The van der Waals surface area contributed by atoms with Crippen LogP contribution >= 0.6 is 11.6 Å². The Balaban J connectivity index is 1.55. The van der Waals surface area contributed by atoms with Gasteiger partial charge in [0.1, 0.15) is 11.5 Å². The van der Waals surface area contributed by atoms with Crippen LogP contribution in [0, 0.1) is 0 Å². The summed E-state index contributed by atoms with van der Waals surface area (Å²) in [6.07, 6.45) is -3.83. The van der Waals surface area contributed by atoms with Gasteiger partial charge in [0.05, 0.1) is 24.3 Å². The summed E-state index contributed by atoms with van der Waals surface area (Å²) in [6, 6.07) is 31.8. The normalized spacial score (nSPS) is 11.7. The maximum Gasteiger partial charge on any atom is 0.417 e. The number of ether oxygens (including phenoxy) is 2. The van der Waals surface area contributed by atoms with Crippen molar-refractivity contribution in [3.63, 3.8) is 0 Å².